The van der Waals surface area contributed by atoms with Crippen molar-refractivity contribution in [2.75, 3.05) is 16.8 Å². The SMILES string of the molecule is Cc1ccc(N2CCc3ncnc(NCc4cc(Cl)ccc4C)c3C2)nc1. The number of aromatic nitrogens is 3. The summed E-state index contributed by atoms with van der Waals surface area (Å²) >= 11 is 6.14. The van der Waals surface area contributed by atoms with E-state index in [1.807, 2.05) is 24.4 Å². The monoisotopic (exact) mass is 379 g/mol. The minimum absolute atomic E-state index is 0.679. The van der Waals surface area contributed by atoms with Crippen LogP contribution in [0.1, 0.15) is 27.9 Å². The molecular weight excluding hydrogens is 358 g/mol. The van der Waals surface area contributed by atoms with E-state index in [1.54, 1.807) is 6.33 Å². The van der Waals surface area contributed by atoms with Crippen LogP contribution in [0.3, 0.4) is 0 Å². The largest absolute Gasteiger partial charge is 0.366 e. The molecule has 0 fully saturated rings. The highest BCUT2D eigenvalue weighted by molar-refractivity contribution is 6.30. The Morgan fingerprint density at radius 3 is 2.81 bits per heavy atom. The fourth-order valence-corrected chi connectivity index (χ4v) is 3.54. The smallest absolute Gasteiger partial charge is 0.134 e. The standard InChI is InChI=1S/C21H22ClN5/c1-14-3-6-20(23-10-14)27-8-7-19-18(12-27)21(26-13-25-19)24-11-16-9-17(22)5-4-15(16)2/h3-6,9-10,13H,7-8,11-12H2,1-2H3,(H,24,25,26). The lowest BCUT2D eigenvalue weighted by Gasteiger charge is -2.30. The lowest BCUT2D eigenvalue weighted by molar-refractivity contribution is 0.697. The second-order valence-corrected chi connectivity index (χ2v) is 7.37. The zero-order valence-corrected chi connectivity index (χ0v) is 16.3. The Bertz CT molecular complexity index is 955. The summed E-state index contributed by atoms with van der Waals surface area (Å²) in [7, 11) is 0. The summed E-state index contributed by atoms with van der Waals surface area (Å²) in [5.74, 6) is 1.88. The summed E-state index contributed by atoms with van der Waals surface area (Å²) in [5.41, 5.74) is 5.80. The first kappa shape index (κ1) is 17.7. The Hall–Kier alpha value is -2.66. The third-order valence-corrected chi connectivity index (χ3v) is 5.21. The molecule has 0 saturated heterocycles. The van der Waals surface area contributed by atoms with Gasteiger partial charge in [-0.05, 0) is 48.7 Å². The molecule has 3 aromatic rings. The highest BCUT2D eigenvalue weighted by Crippen LogP contribution is 2.27. The summed E-state index contributed by atoms with van der Waals surface area (Å²) in [6.07, 6.45) is 4.44. The van der Waals surface area contributed by atoms with Crippen LogP contribution in [0.15, 0.2) is 42.9 Å². The maximum Gasteiger partial charge on any atom is 0.134 e. The summed E-state index contributed by atoms with van der Waals surface area (Å²) in [6, 6.07) is 10.1. The number of nitrogens with zero attached hydrogens (tertiary/aromatic N) is 4. The van der Waals surface area contributed by atoms with Crippen molar-refractivity contribution in [3.05, 3.63) is 75.8 Å². The van der Waals surface area contributed by atoms with Crippen LogP contribution in [0.4, 0.5) is 11.6 Å². The van der Waals surface area contributed by atoms with Crippen LogP contribution in [-0.4, -0.2) is 21.5 Å². The van der Waals surface area contributed by atoms with Crippen molar-refractivity contribution in [2.24, 2.45) is 0 Å². The number of benzene rings is 1. The molecule has 0 amide bonds. The Morgan fingerprint density at radius 1 is 1.11 bits per heavy atom. The Morgan fingerprint density at radius 2 is 2.00 bits per heavy atom. The van der Waals surface area contributed by atoms with E-state index in [2.05, 4.69) is 51.1 Å². The van der Waals surface area contributed by atoms with E-state index in [0.717, 1.165) is 47.4 Å². The topological polar surface area (TPSA) is 53.9 Å². The molecule has 0 atom stereocenters. The van der Waals surface area contributed by atoms with Gasteiger partial charge in [-0.1, -0.05) is 23.7 Å². The number of fused-ring (bicyclic) bond motifs is 1. The second-order valence-electron chi connectivity index (χ2n) is 6.94. The number of pyridine rings is 1. The van der Waals surface area contributed by atoms with E-state index in [-0.39, 0.29) is 0 Å². The van der Waals surface area contributed by atoms with Gasteiger partial charge in [0.25, 0.3) is 0 Å². The molecule has 1 N–H and O–H groups in total. The van der Waals surface area contributed by atoms with Crippen molar-refractivity contribution in [3.8, 4) is 0 Å². The maximum atomic E-state index is 6.14. The van der Waals surface area contributed by atoms with Gasteiger partial charge in [-0.3, -0.25) is 0 Å². The fraction of sp³-hybridized carbons (Fsp3) is 0.286. The van der Waals surface area contributed by atoms with Gasteiger partial charge in [0.1, 0.15) is 18.0 Å². The molecule has 138 valence electrons. The van der Waals surface area contributed by atoms with E-state index in [0.29, 0.717) is 6.54 Å². The maximum absolute atomic E-state index is 6.14. The molecule has 0 radical (unpaired) electrons. The minimum Gasteiger partial charge on any atom is -0.366 e. The summed E-state index contributed by atoms with van der Waals surface area (Å²) < 4.78 is 0. The minimum atomic E-state index is 0.679. The van der Waals surface area contributed by atoms with Gasteiger partial charge < -0.3 is 10.2 Å². The number of halogens is 1. The molecule has 1 aliphatic rings. The molecule has 0 unspecified atom stereocenters. The first-order valence-corrected chi connectivity index (χ1v) is 9.47. The number of anilines is 2. The summed E-state index contributed by atoms with van der Waals surface area (Å²) in [5, 5.41) is 4.23. The number of rotatable bonds is 4. The lowest BCUT2D eigenvalue weighted by Crippen LogP contribution is -2.32. The van der Waals surface area contributed by atoms with Crippen molar-refractivity contribution in [1.82, 2.24) is 15.0 Å². The summed E-state index contributed by atoms with van der Waals surface area (Å²) in [4.78, 5) is 15.8. The molecule has 4 rings (SSSR count). The fourth-order valence-electron chi connectivity index (χ4n) is 3.35. The zero-order chi connectivity index (χ0) is 18.8. The predicted molar refractivity (Wildman–Crippen MR) is 109 cm³/mol. The number of hydrogen-bond donors (Lipinski definition) is 1. The second kappa shape index (κ2) is 7.53. The molecule has 6 heteroatoms. The van der Waals surface area contributed by atoms with Crippen molar-refractivity contribution < 1.29 is 0 Å². The predicted octanol–water partition coefficient (Wildman–Crippen LogP) is 4.32. The van der Waals surface area contributed by atoms with E-state index >= 15 is 0 Å². The molecule has 5 nitrogen and oxygen atoms in total. The normalized spacial score (nSPS) is 13.4. The highest BCUT2D eigenvalue weighted by Gasteiger charge is 2.22. The van der Waals surface area contributed by atoms with Gasteiger partial charge in [-0.15, -0.1) is 0 Å². The van der Waals surface area contributed by atoms with Crippen LogP contribution >= 0.6 is 11.6 Å². The molecule has 0 spiro atoms. The van der Waals surface area contributed by atoms with Gasteiger partial charge in [-0.2, -0.15) is 0 Å². The van der Waals surface area contributed by atoms with Crippen molar-refractivity contribution in [1.29, 1.82) is 0 Å². The third kappa shape index (κ3) is 3.88. The molecule has 0 bridgehead atoms. The van der Waals surface area contributed by atoms with Crippen molar-refractivity contribution in [2.45, 2.75) is 33.4 Å². The first-order valence-electron chi connectivity index (χ1n) is 9.09. The highest BCUT2D eigenvalue weighted by atomic mass is 35.5. The quantitative estimate of drug-likeness (QED) is 0.731. The van der Waals surface area contributed by atoms with Gasteiger partial charge >= 0.3 is 0 Å². The van der Waals surface area contributed by atoms with E-state index in [1.165, 1.54) is 16.7 Å². The molecule has 27 heavy (non-hydrogen) atoms. The van der Waals surface area contributed by atoms with Crippen LogP contribution in [-0.2, 0) is 19.5 Å². The van der Waals surface area contributed by atoms with Gasteiger partial charge in [0.05, 0.1) is 5.69 Å². The van der Waals surface area contributed by atoms with Crippen LogP contribution < -0.4 is 10.2 Å². The third-order valence-electron chi connectivity index (χ3n) is 4.98. The van der Waals surface area contributed by atoms with Crippen molar-refractivity contribution in [3.63, 3.8) is 0 Å². The van der Waals surface area contributed by atoms with Crippen molar-refractivity contribution >= 4 is 23.2 Å². The molecule has 2 aromatic heterocycles. The average molecular weight is 380 g/mol. The Kier molecular flexibility index (Phi) is 4.94. The van der Waals surface area contributed by atoms with E-state index in [9.17, 15) is 0 Å². The van der Waals surface area contributed by atoms with E-state index < -0.39 is 0 Å². The zero-order valence-electron chi connectivity index (χ0n) is 15.5. The molecule has 0 aliphatic carbocycles. The van der Waals surface area contributed by atoms with Crippen LogP contribution in [0.25, 0.3) is 0 Å². The number of aryl methyl sites for hydroxylation is 2. The van der Waals surface area contributed by atoms with Gasteiger partial charge in [0, 0.05) is 42.8 Å². The Balaban J connectivity index is 1.56. The number of hydrogen-bond acceptors (Lipinski definition) is 5. The average Bonchev–Trinajstić information content (AvgIpc) is 2.69. The molecule has 3 heterocycles. The van der Waals surface area contributed by atoms with Crippen LogP contribution in [0.2, 0.25) is 5.02 Å². The molecule has 1 aromatic carbocycles. The van der Waals surface area contributed by atoms with Gasteiger partial charge in [0.15, 0.2) is 0 Å². The first-order chi connectivity index (χ1) is 13.1. The molecule has 1 aliphatic heterocycles. The molecule has 0 saturated carbocycles. The van der Waals surface area contributed by atoms with Crippen LogP contribution in [0.5, 0.6) is 0 Å². The lowest BCUT2D eigenvalue weighted by atomic mass is 10.1. The Labute approximate surface area is 164 Å². The summed E-state index contributed by atoms with van der Waals surface area (Å²) in [6.45, 7) is 6.48. The molecular formula is C21H22ClN5. The van der Waals surface area contributed by atoms with Gasteiger partial charge in [0.2, 0.25) is 0 Å². The van der Waals surface area contributed by atoms with Crippen LogP contribution in [0, 0.1) is 13.8 Å². The van der Waals surface area contributed by atoms with E-state index in [4.69, 9.17) is 11.6 Å². The van der Waals surface area contributed by atoms with Gasteiger partial charge in [-0.25, -0.2) is 15.0 Å². The number of nitrogens with one attached hydrogen (secondary N) is 1.